The zero-order chi connectivity index (χ0) is 12.1. The number of ether oxygens (including phenoxy) is 3. The molecule has 1 N–H and O–H groups in total. The lowest BCUT2D eigenvalue weighted by Gasteiger charge is -2.12. The first-order chi connectivity index (χ1) is 8.33. The van der Waals surface area contributed by atoms with E-state index in [1.165, 1.54) is 5.56 Å². The molecule has 1 aliphatic rings. The predicted molar refractivity (Wildman–Crippen MR) is 65.6 cm³/mol. The molecular formula is C13H19NO3. The second kappa shape index (κ2) is 5.89. The van der Waals surface area contributed by atoms with E-state index in [0.29, 0.717) is 6.04 Å². The van der Waals surface area contributed by atoms with Gasteiger partial charge in [0.25, 0.3) is 0 Å². The molecule has 2 rings (SSSR count). The smallest absolute Gasteiger partial charge is 0.161 e. The van der Waals surface area contributed by atoms with Gasteiger partial charge in [-0.2, -0.15) is 0 Å². The topological polar surface area (TPSA) is 39.7 Å². The number of nitrogens with one attached hydrogen (secondary N) is 1. The van der Waals surface area contributed by atoms with E-state index >= 15 is 0 Å². The quantitative estimate of drug-likeness (QED) is 0.844. The molecule has 4 nitrogen and oxygen atoms in total. The third kappa shape index (κ3) is 3.11. The zero-order valence-electron chi connectivity index (χ0n) is 10.4. The highest BCUT2D eigenvalue weighted by atomic mass is 16.5. The van der Waals surface area contributed by atoms with Crippen molar-refractivity contribution >= 4 is 0 Å². The molecule has 1 atom stereocenters. The third-order valence-electron chi connectivity index (χ3n) is 2.97. The molecule has 0 radical (unpaired) electrons. The molecular weight excluding hydrogens is 218 g/mol. The number of hydrogen-bond acceptors (Lipinski definition) is 4. The number of hydrogen-bond donors (Lipinski definition) is 1. The van der Waals surface area contributed by atoms with Gasteiger partial charge in [0.05, 0.1) is 20.8 Å². The Morgan fingerprint density at radius 1 is 1.29 bits per heavy atom. The number of benzene rings is 1. The molecule has 1 heterocycles. The zero-order valence-corrected chi connectivity index (χ0v) is 10.4. The van der Waals surface area contributed by atoms with Crippen molar-refractivity contribution in [3.8, 4) is 11.5 Å². The van der Waals surface area contributed by atoms with E-state index in [1.807, 2.05) is 18.2 Å². The van der Waals surface area contributed by atoms with E-state index < -0.39 is 0 Å². The summed E-state index contributed by atoms with van der Waals surface area (Å²) in [7, 11) is 3.30. The van der Waals surface area contributed by atoms with Crippen molar-refractivity contribution in [2.24, 2.45) is 0 Å². The Labute approximate surface area is 102 Å². The van der Waals surface area contributed by atoms with E-state index in [2.05, 4.69) is 5.32 Å². The Hall–Kier alpha value is -1.26. The van der Waals surface area contributed by atoms with Crippen LogP contribution < -0.4 is 14.8 Å². The van der Waals surface area contributed by atoms with Crippen LogP contribution in [0.25, 0.3) is 0 Å². The highest BCUT2D eigenvalue weighted by molar-refractivity contribution is 5.42. The molecule has 0 bridgehead atoms. The van der Waals surface area contributed by atoms with Gasteiger partial charge >= 0.3 is 0 Å². The molecule has 17 heavy (non-hydrogen) atoms. The van der Waals surface area contributed by atoms with Crippen molar-refractivity contribution in [1.29, 1.82) is 0 Å². The summed E-state index contributed by atoms with van der Waals surface area (Å²) in [5.41, 5.74) is 1.19. The minimum absolute atomic E-state index is 0.475. The van der Waals surface area contributed by atoms with Crippen molar-refractivity contribution in [2.45, 2.75) is 19.0 Å². The molecule has 0 aliphatic carbocycles. The summed E-state index contributed by atoms with van der Waals surface area (Å²) in [6.45, 7) is 2.51. The van der Waals surface area contributed by atoms with Gasteiger partial charge in [-0.25, -0.2) is 0 Å². The fourth-order valence-electron chi connectivity index (χ4n) is 1.95. The van der Waals surface area contributed by atoms with Crippen LogP contribution in [-0.4, -0.2) is 33.5 Å². The average Bonchev–Trinajstić information content (AvgIpc) is 2.89. The minimum atomic E-state index is 0.475. The summed E-state index contributed by atoms with van der Waals surface area (Å²) in [6, 6.07) is 6.45. The van der Waals surface area contributed by atoms with Crippen LogP contribution in [0.1, 0.15) is 12.0 Å². The maximum atomic E-state index is 5.32. The number of methoxy groups -OCH3 is 2. The minimum Gasteiger partial charge on any atom is -0.493 e. The Morgan fingerprint density at radius 2 is 2.12 bits per heavy atom. The lowest BCUT2D eigenvalue weighted by Crippen LogP contribution is -2.28. The first-order valence-corrected chi connectivity index (χ1v) is 5.85. The number of rotatable bonds is 5. The van der Waals surface area contributed by atoms with Crippen molar-refractivity contribution in [2.75, 3.05) is 27.4 Å². The third-order valence-corrected chi connectivity index (χ3v) is 2.97. The normalized spacial score (nSPS) is 19.3. The SMILES string of the molecule is COc1ccc(CN[C@H]2CCOC2)cc1OC. The largest absolute Gasteiger partial charge is 0.493 e. The second-order valence-electron chi connectivity index (χ2n) is 4.13. The Bertz CT molecular complexity index is 362. The monoisotopic (exact) mass is 237 g/mol. The van der Waals surface area contributed by atoms with E-state index in [0.717, 1.165) is 37.7 Å². The van der Waals surface area contributed by atoms with Gasteiger partial charge in [0.15, 0.2) is 11.5 Å². The van der Waals surface area contributed by atoms with E-state index in [1.54, 1.807) is 14.2 Å². The first-order valence-electron chi connectivity index (χ1n) is 5.85. The Kier molecular flexibility index (Phi) is 4.23. The van der Waals surface area contributed by atoms with Gasteiger partial charge in [-0.15, -0.1) is 0 Å². The van der Waals surface area contributed by atoms with Crippen LogP contribution in [0.2, 0.25) is 0 Å². The molecule has 0 aromatic heterocycles. The van der Waals surface area contributed by atoms with Crippen LogP contribution in [0.3, 0.4) is 0 Å². The van der Waals surface area contributed by atoms with Gasteiger partial charge in [0, 0.05) is 19.2 Å². The van der Waals surface area contributed by atoms with Gasteiger partial charge in [-0.05, 0) is 24.1 Å². The molecule has 1 fully saturated rings. The molecule has 4 heteroatoms. The van der Waals surface area contributed by atoms with Crippen molar-refractivity contribution in [1.82, 2.24) is 5.32 Å². The maximum absolute atomic E-state index is 5.32. The molecule has 94 valence electrons. The molecule has 1 aromatic carbocycles. The Balaban J connectivity index is 1.95. The maximum Gasteiger partial charge on any atom is 0.161 e. The van der Waals surface area contributed by atoms with Crippen molar-refractivity contribution < 1.29 is 14.2 Å². The van der Waals surface area contributed by atoms with Crippen LogP contribution in [-0.2, 0) is 11.3 Å². The molecule has 1 saturated heterocycles. The molecule has 0 saturated carbocycles. The molecule has 1 aromatic rings. The van der Waals surface area contributed by atoms with Gasteiger partial charge in [0.2, 0.25) is 0 Å². The van der Waals surface area contributed by atoms with E-state index in [9.17, 15) is 0 Å². The summed E-state index contributed by atoms with van der Waals surface area (Å²) in [6.07, 6.45) is 1.09. The Morgan fingerprint density at radius 3 is 2.76 bits per heavy atom. The van der Waals surface area contributed by atoms with Crippen LogP contribution in [0.5, 0.6) is 11.5 Å². The fraction of sp³-hybridized carbons (Fsp3) is 0.538. The molecule has 0 unspecified atom stereocenters. The van der Waals surface area contributed by atoms with Gasteiger partial charge < -0.3 is 19.5 Å². The summed E-state index contributed by atoms with van der Waals surface area (Å²) in [5.74, 6) is 1.54. The highest BCUT2D eigenvalue weighted by Crippen LogP contribution is 2.27. The van der Waals surface area contributed by atoms with Crippen molar-refractivity contribution in [3.05, 3.63) is 23.8 Å². The van der Waals surface area contributed by atoms with Gasteiger partial charge in [-0.3, -0.25) is 0 Å². The first kappa shape index (κ1) is 12.2. The van der Waals surface area contributed by atoms with Gasteiger partial charge in [-0.1, -0.05) is 6.07 Å². The lowest BCUT2D eigenvalue weighted by molar-refractivity contribution is 0.190. The van der Waals surface area contributed by atoms with Gasteiger partial charge in [0.1, 0.15) is 0 Å². The van der Waals surface area contributed by atoms with E-state index in [-0.39, 0.29) is 0 Å². The summed E-state index contributed by atoms with van der Waals surface area (Å²) < 4.78 is 15.8. The fourth-order valence-corrected chi connectivity index (χ4v) is 1.95. The van der Waals surface area contributed by atoms with Crippen LogP contribution in [0.15, 0.2) is 18.2 Å². The molecule has 1 aliphatic heterocycles. The predicted octanol–water partition coefficient (Wildman–Crippen LogP) is 1.58. The van der Waals surface area contributed by atoms with E-state index in [4.69, 9.17) is 14.2 Å². The van der Waals surface area contributed by atoms with Crippen molar-refractivity contribution in [3.63, 3.8) is 0 Å². The lowest BCUT2D eigenvalue weighted by atomic mass is 10.2. The summed E-state index contributed by atoms with van der Waals surface area (Å²) in [5, 5.41) is 3.47. The second-order valence-corrected chi connectivity index (χ2v) is 4.13. The summed E-state index contributed by atoms with van der Waals surface area (Å²) in [4.78, 5) is 0. The van der Waals surface area contributed by atoms with Crippen LogP contribution in [0, 0.1) is 0 Å². The summed E-state index contributed by atoms with van der Waals surface area (Å²) >= 11 is 0. The van der Waals surface area contributed by atoms with Crippen LogP contribution >= 0.6 is 0 Å². The molecule has 0 amide bonds. The average molecular weight is 237 g/mol. The highest BCUT2D eigenvalue weighted by Gasteiger charge is 2.14. The van der Waals surface area contributed by atoms with Crippen LogP contribution in [0.4, 0.5) is 0 Å². The molecule has 0 spiro atoms. The standard InChI is InChI=1S/C13H19NO3/c1-15-12-4-3-10(7-13(12)16-2)8-14-11-5-6-17-9-11/h3-4,7,11,14H,5-6,8-9H2,1-2H3/t11-/m0/s1.